The van der Waals surface area contributed by atoms with Gasteiger partial charge in [-0.3, -0.25) is 9.59 Å². The Morgan fingerprint density at radius 3 is 2.14 bits per heavy atom. The van der Waals surface area contributed by atoms with Crippen LogP contribution >= 0.6 is 11.8 Å². The van der Waals surface area contributed by atoms with E-state index in [0.717, 1.165) is 28.5 Å². The molecule has 0 unspecified atom stereocenters. The quantitative estimate of drug-likeness (QED) is 0.333. The molecule has 0 N–H and O–H groups in total. The van der Waals surface area contributed by atoms with Crippen molar-refractivity contribution < 1.29 is 19.1 Å². The van der Waals surface area contributed by atoms with Crippen molar-refractivity contribution in [1.82, 2.24) is 9.80 Å². The summed E-state index contributed by atoms with van der Waals surface area (Å²) in [5, 5.41) is -0.114. The van der Waals surface area contributed by atoms with Crippen molar-refractivity contribution in [3.8, 4) is 22.6 Å². The van der Waals surface area contributed by atoms with E-state index in [2.05, 4.69) is 0 Å². The van der Waals surface area contributed by atoms with Crippen molar-refractivity contribution in [2.24, 2.45) is 0 Å². The maximum atomic E-state index is 13.4. The molecule has 3 aromatic carbocycles. The van der Waals surface area contributed by atoms with Gasteiger partial charge in [-0.15, -0.1) is 0 Å². The summed E-state index contributed by atoms with van der Waals surface area (Å²) < 4.78 is 11.4. The molecular weight excluding hydrogens is 460 g/mol. The smallest absolute Gasteiger partial charge is 0.285 e. The van der Waals surface area contributed by atoms with E-state index in [4.69, 9.17) is 9.47 Å². The minimum atomic E-state index is -0.114. The second kappa shape index (κ2) is 12.3. The summed E-state index contributed by atoms with van der Waals surface area (Å²) >= 11 is 1.11. The van der Waals surface area contributed by atoms with Crippen LogP contribution in [-0.2, 0) is 6.61 Å². The van der Waals surface area contributed by atoms with Gasteiger partial charge in [0.15, 0.2) is 0 Å². The van der Waals surface area contributed by atoms with Gasteiger partial charge in [-0.25, -0.2) is 0 Å². The Bertz CT molecular complexity index is 1160. The van der Waals surface area contributed by atoms with Crippen molar-refractivity contribution in [2.45, 2.75) is 25.3 Å². The van der Waals surface area contributed by atoms with Crippen LogP contribution in [0.5, 0.6) is 11.5 Å². The van der Waals surface area contributed by atoms with Gasteiger partial charge < -0.3 is 19.3 Å². The van der Waals surface area contributed by atoms with E-state index >= 15 is 0 Å². The minimum absolute atomic E-state index is 0.0804. The summed E-state index contributed by atoms with van der Waals surface area (Å²) in [5.41, 5.74) is 3.12. The molecule has 0 heterocycles. The van der Waals surface area contributed by atoms with Crippen LogP contribution in [0, 0.1) is 0 Å². The molecule has 3 aromatic rings. The molecular formula is C28H32N2O4S. The lowest BCUT2D eigenvalue weighted by Gasteiger charge is -2.22. The highest BCUT2D eigenvalue weighted by atomic mass is 32.2. The minimum Gasteiger partial charge on any atom is -0.497 e. The number of rotatable bonds is 9. The molecule has 2 amide bonds. The monoisotopic (exact) mass is 492 g/mol. The third-order valence-corrected chi connectivity index (χ3v) is 6.66. The molecule has 6 nitrogen and oxygen atoms in total. The molecule has 0 saturated heterocycles. The third-order valence-electron chi connectivity index (χ3n) is 5.56. The van der Waals surface area contributed by atoms with Crippen LogP contribution < -0.4 is 9.47 Å². The molecule has 0 radical (unpaired) electrons. The lowest BCUT2D eigenvalue weighted by molar-refractivity contribution is 0.0773. The van der Waals surface area contributed by atoms with E-state index in [9.17, 15) is 9.59 Å². The van der Waals surface area contributed by atoms with Crippen LogP contribution in [0.4, 0.5) is 4.79 Å². The SMILES string of the molecule is CCN(CC)C(=O)c1cc(OC)ccc1-c1ccc(OCc2ccccc2)cc1SC(=O)N(C)C. The van der Waals surface area contributed by atoms with E-state index < -0.39 is 0 Å². The number of hydrogen-bond donors (Lipinski definition) is 0. The standard InChI is InChI=1S/C28H32N2O4S/c1-6-30(7-2)27(31)25-17-21(33-5)13-15-23(25)24-16-14-22(18-26(24)35-28(32)29(3)4)34-19-20-11-9-8-10-12-20/h8-18H,6-7,19H2,1-5H3. The summed E-state index contributed by atoms with van der Waals surface area (Å²) in [6.07, 6.45) is 0. The normalized spacial score (nSPS) is 10.5. The van der Waals surface area contributed by atoms with Crippen LogP contribution in [0.25, 0.3) is 11.1 Å². The van der Waals surface area contributed by atoms with E-state index in [-0.39, 0.29) is 11.1 Å². The second-order valence-electron chi connectivity index (χ2n) is 8.08. The first kappa shape index (κ1) is 26.2. The van der Waals surface area contributed by atoms with Crippen molar-refractivity contribution in [3.63, 3.8) is 0 Å². The highest BCUT2D eigenvalue weighted by Crippen LogP contribution is 2.38. The zero-order valence-corrected chi connectivity index (χ0v) is 21.7. The number of nitrogens with zero attached hydrogens (tertiary/aromatic N) is 2. The van der Waals surface area contributed by atoms with Crippen LogP contribution in [0.2, 0.25) is 0 Å². The van der Waals surface area contributed by atoms with E-state index in [1.165, 1.54) is 4.90 Å². The number of methoxy groups -OCH3 is 1. The number of carbonyl (C=O) groups is 2. The fourth-order valence-corrected chi connectivity index (χ4v) is 4.40. The summed E-state index contributed by atoms with van der Waals surface area (Å²) in [5.74, 6) is 1.17. The average Bonchev–Trinajstić information content (AvgIpc) is 2.88. The molecule has 0 saturated carbocycles. The topological polar surface area (TPSA) is 59.1 Å². The fraction of sp³-hybridized carbons (Fsp3) is 0.286. The Morgan fingerprint density at radius 1 is 0.857 bits per heavy atom. The molecule has 0 atom stereocenters. The molecule has 0 aliphatic heterocycles. The molecule has 0 bridgehead atoms. The molecule has 0 aliphatic rings. The number of benzene rings is 3. The lowest BCUT2D eigenvalue weighted by Crippen LogP contribution is -2.30. The Kier molecular flexibility index (Phi) is 9.20. The van der Waals surface area contributed by atoms with Crippen molar-refractivity contribution in [1.29, 1.82) is 0 Å². The molecule has 0 spiro atoms. The zero-order valence-electron chi connectivity index (χ0n) is 20.9. The second-order valence-corrected chi connectivity index (χ2v) is 9.08. The Morgan fingerprint density at radius 2 is 1.51 bits per heavy atom. The van der Waals surface area contributed by atoms with Crippen molar-refractivity contribution in [2.75, 3.05) is 34.3 Å². The number of carbonyl (C=O) groups excluding carboxylic acids is 2. The van der Waals surface area contributed by atoms with Gasteiger partial charge in [-0.1, -0.05) is 30.3 Å². The number of amides is 2. The molecule has 3 rings (SSSR count). The van der Waals surface area contributed by atoms with E-state index in [0.29, 0.717) is 41.7 Å². The molecule has 35 heavy (non-hydrogen) atoms. The largest absolute Gasteiger partial charge is 0.497 e. The molecule has 0 fully saturated rings. The zero-order chi connectivity index (χ0) is 25.4. The molecule has 0 aromatic heterocycles. The van der Waals surface area contributed by atoms with Gasteiger partial charge >= 0.3 is 0 Å². The average molecular weight is 493 g/mol. The first-order valence-corrected chi connectivity index (χ1v) is 12.4. The number of hydrogen-bond acceptors (Lipinski definition) is 5. The van der Waals surface area contributed by atoms with Crippen molar-refractivity contribution in [3.05, 3.63) is 77.9 Å². The maximum Gasteiger partial charge on any atom is 0.285 e. The van der Waals surface area contributed by atoms with Crippen LogP contribution in [0.15, 0.2) is 71.6 Å². The summed E-state index contributed by atoms with van der Waals surface area (Å²) in [6.45, 7) is 5.52. The first-order valence-electron chi connectivity index (χ1n) is 11.6. The van der Waals surface area contributed by atoms with Gasteiger partial charge in [0.2, 0.25) is 0 Å². The van der Waals surface area contributed by atoms with Crippen LogP contribution in [-0.4, -0.2) is 55.2 Å². The predicted octanol–water partition coefficient (Wildman–Crippen LogP) is 6.20. The van der Waals surface area contributed by atoms with Crippen molar-refractivity contribution >= 4 is 22.9 Å². The molecule has 7 heteroatoms. The van der Waals surface area contributed by atoms with Gasteiger partial charge in [0.25, 0.3) is 11.1 Å². The Labute approximate surface area is 211 Å². The summed E-state index contributed by atoms with van der Waals surface area (Å²) in [4.78, 5) is 30.1. The van der Waals surface area contributed by atoms with Gasteiger partial charge in [0, 0.05) is 32.1 Å². The molecule has 184 valence electrons. The number of ether oxygens (including phenoxy) is 2. The van der Waals surface area contributed by atoms with Gasteiger partial charge in [0.05, 0.1) is 12.7 Å². The first-order chi connectivity index (χ1) is 16.9. The number of thioether (sulfide) groups is 1. The third kappa shape index (κ3) is 6.57. The lowest BCUT2D eigenvalue weighted by atomic mass is 9.98. The maximum absolute atomic E-state index is 13.4. The van der Waals surface area contributed by atoms with Crippen LogP contribution in [0.3, 0.4) is 0 Å². The van der Waals surface area contributed by atoms with E-state index in [1.54, 1.807) is 32.2 Å². The van der Waals surface area contributed by atoms with Gasteiger partial charge in [-0.05, 0) is 78.7 Å². The highest BCUT2D eigenvalue weighted by molar-refractivity contribution is 8.13. The highest BCUT2D eigenvalue weighted by Gasteiger charge is 2.22. The molecule has 0 aliphatic carbocycles. The Balaban J connectivity index is 2.06. The summed E-state index contributed by atoms with van der Waals surface area (Å²) in [6, 6.07) is 21.0. The predicted molar refractivity (Wildman–Crippen MR) is 141 cm³/mol. The van der Waals surface area contributed by atoms with Crippen LogP contribution in [0.1, 0.15) is 29.8 Å². The Hall–Kier alpha value is -3.45. The van der Waals surface area contributed by atoms with E-state index in [1.807, 2.05) is 74.5 Å². The van der Waals surface area contributed by atoms with Gasteiger partial charge in [-0.2, -0.15) is 0 Å². The van der Waals surface area contributed by atoms with Gasteiger partial charge in [0.1, 0.15) is 18.1 Å². The summed E-state index contributed by atoms with van der Waals surface area (Å²) in [7, 11) is 5.01. The fourth-order valence-electron chi connectivity index (χ4n) is 3.57.